The SMILES string of the molecule is COc1ccc(COc2ccc(C(=O)n3c(C)cc4c(CC(=O)O)cccc43)cc2)cc1. The van der Waals surface area contributed by atoms with Gasteiger partial charge in [-0.1, -0.05) is 24.3 Å². The van der Waals surface area contributed by atoms with Crippen LogP contribution in [0.4, 0.5) is 0 Å². The summed E-state index contributed by atoms with van der Waals surface area (Å²) in [5, 5.41) is 9.94. The highest BCUT2D eigenvalue weighted by Crippen LogP contribution is 2.25. The van der Waals surface area contributed by atoms with Gasteiger partial charge in [0, 0.05) is 16.6 Å². The summed E-state index contributed by atoms with van der Waals surface area (Å²) >= 11 is 0. The molecule has 4 rings (SSSR count). The Labute approximate surface area is 185 Å². The van der Waals surface area contributed by atoms with E-state index in [1.807, 2.05) is 43.3 Å². The first kappa shape index (κ1) is 21.2. The quantitative estimate of drug-likeness (QED) is 0.454. The molecule has 0 atom stereocenters. The molecule has 4 aromatic rings. The van der Waals surface area contributed by atoms with Crippen molar-refractivity contribution < 1.29 is 24.2 Å². The molecule has 6 heteroatoms. The number of fused-ring (bicyclic) bond motifs is 1. The number of carbonyl (C=O) groups is 2. The first-order chi connectivity index (χ1) is 15.5. The number of benzene rings is 3. The maximum Gasteiger partial charge on any atom is 0.307 e. The van der Waals surface area contributed by atoms with E-state index in [2.05, 4.69) is 0 Å². The largest absolute Gasteiger partial charge is 0.497 e. The van der Waals surface area contributed by atoms with E-state index in [1.54, 1.807) is 48.1 Å². The first-order valence-corrected chi connectivity index (χ1v) is 10.2. The van der Waals surface area contributed by atoms with E-state index in [9.17, 15) is 9.59 Å². The predicted octanol–water partition coefficient (Wildman–Crippen LogP) is 4.85. The van der Waals surface area contributed by atoms with Crippen molar-refractivity contribution in [3.8, 4) is 11.5 Å². The second kappa shape index (κ2) is 8.98. The average molecular weight is 429 g/mol. The third kappa shape index (κ3) is 4.34. The number of carboxylic acids is 1. The first-order valence-electron chi connectivity index (χ1n) is 10.2. The molecule has 162 valence electrons. The van der Waals surface area contributed by atoms with E-state index < -0.39 is 5.97 Å². The molecule has 1 aromatic heterocycles. The fourth-order valence-electron chi connectivity index (χ4n) is 3.72. The van der Waals surface area contributed by atoms with E-state index in [1.165, 1.54) is 0 Å². The summed E-state index contributed by atoms with van der Waals surface area (Å²) in [7, 11) is 1.63. The van der Waals surface area contributed by atoms with Crippen LogP contribution in [0, 0.1) is 6.92 Å². The Morgan fingerprint density at radius 1 is 0.938 bits per heavy atom. The zero-order valence-electron chi connectivity index (χ0n) is 17.9. The maximum absolute atomic E-state index is 13.2. The van der Waals surface area contributed by atoms with Crippen molar-refractivity contribution in [2.75, 3.05) is 7.11 Å². The fraction of sp³-hybridized carbons (Fsp3) is 0.154. The Balaban J connectivity index is 1.53. The van der Waals surface area contributed by atoms with Crippen molar-refractivity contribution in [1.82, 2.24) is 4.57 Å². The van der Waals surface area contributed by atoms with Crippen LogP contribution in [0.15, 0.2) is 72.8 Å². The summed E-state index contributed by atoms with van der Waals surface area (Å²) < 4.78 is 12.6. The number of aromatic nitrogens is 1. The molecule has 0 unspecified atom stereocenters. The van der Waals surface area contributed by atoms with Crippen LogP contribution in [-0.2, 0) is 17.8 Å². The molecule has 0 saturated carbocycles. The van der Waals surface area contributed by atoms with Crippen molar-refractivity contribution in [2.45, 2.75) is 20.0 Å². The zero-order chi connectivity index (χ0) is 22.7. The number of methoxy groups -OCH3 is 1. The molecule has 6 nitrogen and oxygen atoms in total. The number of hydrogen-bond acceptors (Lipinski definition) is 4. The third-order valence-electron chi connectivity index (χ3n) is 5.33. The summed E-state index contributed by atoms with van der Waals surface area (Å²) in [5.74, 6) is 0.376. The number of rotatable bonds is 7. The van der Waals surface area contributed by atoms with Gasteiger partial charge in [-0.2, -0.15) is 0 Å². The molecule has 0 aliphatic rings. The van der Waals surface area contributed by atoms with Gasteiger partial charge in [-0.25, -0.2) is 0 Å². The highest BCUT2D eigenvalue weighted by Gasteiger charge is 2.17. The van der Waals surface area contributed by atoms with E-state index in [-0.39, 0.29) is 12.3 Å². The van der Waals surface area contributed by atoms with Crippen LogP contribution in [0.2, 0.25) is 0 Å². The van der Waals surface area contributed by atoms with Crippen molar-refractivity contribution in [2.24, 2.45) is 0 Å². The summed E-state index contributed by atoms with van der Waals surface area (Å²) in [5.41, 5.74) is 3.67. The lowest BCUT2D eigenvalue weighted by molar-refractivity contribution is -0.136. The summed E-state index contributed by atoms with van der Waals surface area (Å²) in [4.78, 5) is 24.4. The van der Waals surface area contributed by atoms with Crippen LogP contribution in [0.1, 0.15) is 27.2 Å². The summed E-state index contributed by atoms with van der Waals surface area (Å²) in [6.07, 6.45) is -0.0881. The standard InChI is InChI=1S/C26H23NO5/c1-17-14-23-20(15-25(28)29)4-3-5-24(23)27(17)26(30)19-8-12-22(13-9-19)32-16-18-6-10-21(31-2)11-7-18/h3-14H,15-16H2,1-2H3,(H,28,29). The zero-order valence-corrected chi connectivity index (χ0v) is 17.9. The molecule has 0 saturated heterocycles. The second-order valence-electron chi connectivity index (χ2n) is 7.51. The minimum absolute atomic E-state index is 0.0881. The molecule has 0 aliphatic carbocycles. The number of ether oxygens (including phenoxy) is 2. The molecule has 0 radical (unpaired) electrons. The molecule has 3 aromatic carbocycles. The molecule has 0 amide bonds. The smallest absolute Gasteiger partial charge is 0.307 e. The molecule has 0 fully saturated rings. The highest BCUT2D eigenvalue weighted by molar-refractivity contribution is 6.04. The lowest BCUT2D eigenvalue weighted by atomic mass is 10.1. The van der Waals surface area contributed by atoms with Crippen LogP contribution < -0.4 is 9.47 Å². The number of carboxylic acid groups (broad SMARTS) is 1. The third-order valence-corrected chi connectivity index (χ3v) is 5.33. The van der Waals surface area contributed by atoms with E-state index in [0.717, 1.165) is 22.4 Å². The van der Waals surface area contributed by atoms with E-state index in [0.29, 0.717) is 29.0 Å². The molecular weight excluding hydrogens is 406 g/mol. The van der Waals surface area contributed by atoms with Crippen LogP contribution in [-0.4, -0.2) is 28.7 Å². The summed E-state index contributed by atoms with van der Waals surface area (Å²) in [6.45, 7) is 2.25. The van der Waals surface area contributed by atoms with Gasteiger partial charge in [0.15, 0.2) is 0 Å². The normalized spacial score (nSPS) is 10.8. The van der Waals surface area contributed by atoms with Crippen molar-refractivity contribution in [3.05, 3.63) is 95.2 Å². The van der Waals surface area contributed by atoms with Gasteiger partial charge in [0.25, 0.3) is 5.91 Å². The number of aryl methyl sites for hydroxylation is 1. The van der Waals surface area contributed by atoms with Crippen LogP contribution >= 0.6 is 0 Å². The lowest BCUT2D eigenvalue weighted by Gasteiger charge is -2.10. The molecule has 1 N–H and O–H groups in total. The van der Waals surface area contributed by atoms with Gasteiger partial charge in [-0.05, 0) is 66.6 Å². The Morgan fingerprint density at radius 3 is 2.28 bits per heavy atom. The minimum atomic E-state index is -0.903. The van der Waals surface area contributed by atoms with E-state index >= 15 is 0 Å². The summed E-state index contributed by atoms with van der Waals surface area (Å²) in [6, 6.07) is 21.9. The van der Waals surface area contributed by atoms with Gasteiger partial charge in [0.1, 0.15) is 18.1 Å². The van der Waals surface area contributed by atoms with Gasteiger partial charge >= 0.3 is 5.97 Å². The van der Waals surface area contributed by atoms with Crippen LogP contribution in [0.3, 0.4) is 0 Å². The Kier molecular flexibility index (Phi) is 5.94. The number of carbonyl (C=O) groups excluding carboxylic acids is 1. The molecule has 0 bridgehead atoms. The van der Waals surface area contributed by atoms with Gasteiger partial charge in [-0.15, -0.1) is 0 Å². The van der Waals surface area contributed by atoms with Crippen molar-refractivity contribution >= 4 is 22.8 Å². The number of nitrogens with zero attached hydrogens (tertiary/aromatic N) is 1. The fourth-order valence-corrected chi connectivity index (χ4v) is 3.72. The molecule has 0 spiro atoms. The van der Waals surface area contributed by atoms with Crippen LogP contribution in [0.5, 0.6) is 11.5 Å². The van der Waals surface area contributed by atoms with Gasteiger partial charge in [0.2, 0.25) is 0 Å². The predicted molar refractivity (Wildman–Crippen MR) is 122 cm³/mol. The Morgan fingerprint density at radius 2 is 1.62 bits per heavy atom. The number of hydrogen-bond donors (Lipinski definition) is 1. The van der Waals surface area contributed by atoms with Crippen molar-refractivity contribution in [3.63, 3.8) is 0 Å². The minimum Gasteiger partial charge on any atom is -0.497 e. The molecular formula is C26H23NO5. The molecule has 1 heterocycles. The number of aliphatic carboxylic acids is 1. The highest BCUT2D eigenvalue weighted by atomic mass is 16.5. The van der Waals surface area contributed by atoms with Gasteiger partial charge in [-0.3, -0.25) is 14.2 Å². The lowest BCUT2D eigenvalue weighted by Crippen LogP contribution is -2.13. The Hall–Kier alpha value is -4.06. The topological polar surface area (TPSA) is 77.8 Å². The van der Waals surface area contributed by atoms with Crippen molar-refractivity contribution in [1.29, 1.82) is 0 Å². The van der Waals surface area contributed by atoms with Gasteiger partial charge in [0.05, 0.1) is 19.0 Å². The molecule has 0 aliphatic heterocycles. The molecule has 32 heavy (non-hydrogen) atoms. The Bertz CT molecular complexity index is 1270. The average Bonchev–Trinajstić information content (AvgIpc) is 3.14. The second-order valence-corrected chi connectivity index (χ2v) is 7.51. The van der Waals surface area contributed by atoms with Gasteiger partial charge < -0.3 is 14.6 Å². The van der Waals surface area contributed by atoms with Crippen LogP contribution in [0.25, 0.3) is 10.9 Å². The van der Waals surface area contributed by atoms with E-state index in [4.69, 9.17) is 14.6 Å². The maximum atomic E-state index is 13.2. The monoisotopic (exact) mass is 429 g/mol.